The third-order valence-corrected chi connectivity index (χ3v) is 5.42. The second-order valence-electron chi connectivity index (χ2n) is 7.46. The molecule has 1 aromatic carbocycles. The molecular formula is C22H29N3O2. The second kappa shape index (κ2) is 8.51. The van der Waals surface area contributed by atoms with Gasteiger partial charge in [0.1, 0.15) is 11.9 Å². The largest absolute Gasteiger partial charge is 0.318 e. The standard InChI is InChI=1S/C22H29N3O2/c1-4-6-10-17(5-2)15-25-20(26)13-19(22(25)27)24-14-16(3)23-21(24)18-11-8-7-9-12-18/h7-9,11-12,14,17,19H,4-6,10,13,15H2,1-3H3. The summed E-state index contributed by atoms with van der Waals surface area (Å²) in [5, 5.41) is 0. The number of aromatic nitrogens is 2. The van der Waals surface area contributed by atoms with Crippen LogP contribution in [0.5, 0.6) is 0 Å². The summed E-state index contributed by atoms with van der Waals surface area (Å²) in [4.78, 5) is 31.8. The molecule has 0 bridgehead atoms. The van der Waals surface area contributed by atoms with Gasteiger partial charge in [-0.3, -0.25) is 14.5 Å². The Balaban J connectivity index is 1.83. The highest BCUT2D eigenvalue weighted by Crippen LogP contribution is 2.31. The first kappa shape index (κ1) is 19.3. The molecule has 0 aliphatic carbocycles. The quantitative estimate of drug-likeness (QED) is 0.651. The number of amides is 2. The average molecular weight is 367 g/mol. The summed E-state index contributed by atoms with van der Waals surface area (Å²) < 4.78 is 1.89. The van der Waals surface area contributed by atoms with E-state index in [0.717, 1.165) is 42.8 Å². The van der Waals surface area contributed by atoms with E-state index in [9.17, 15) is 9.59 Å². The Morgan fingerprint density at radius 3 is 2.59 bits per heavy atom. The van der Waals surface area contributed by atoms with Gasteiger partial charge >= 0.3 is 0 Å². The molecule has 144 valence electrons. The van der Waals surface area contributed by atoms with E-state index in [1.54, 1.807) is 0 Å². The molecule has 1 fully saturated rings. The summed E-state index contributed by atoms with van der Waals surface area (Å²) in [5.74, 6) is 0.976. The molecule has 1 saturated heterocycles. The van der Waals surface area contributed by atoms with Gasteiger partial charge in [0, 0.05) is 18.3 Å². The molecule has 1 aliphatic rings. The zero-order valence-corrected chi connectivity index (χ0v) is 16.5. The number of carbonyl (C=O) groups is 2. The van der Waals surface area contributed by atoms with Crippen LogP contribution in [0.2, 0.25) is 0 Å². The second-order valence-corrected chi connectivity index (χ2v) is 7.46. The Morgan fingerprint density at radius 1 is 1.19 bits per heavy atom. The lowest BCUT2D eigenvalue weighted by atomic mass is 9.99. The molecule has 2 unspecified atom stereocenters. The van der Waals surface area contributed by atoms with Crippen molar-refractivity contribution < 1.29 is 9.59 Å². The lowest BCUT2D eigenvalue weighted by Crippen LogP contribution is -2.35. The van der Waals surface area contributed by atoms with Crippen molar-refractivity contribution in [3.05, 3.63) is 42.2 Å². The fraction of sp³-hybridized carbons (Fsp3) is 0.500. The van der Waals surface area contributed by atoms with Gasteiger partial charge in [-0.1, -0.05) is 63.4 Å². The van der Waals surface area contributed by atoms with Gasteiger partial charge in [-0.25, -0.2) is 4.98 Å². The van der Waals surface area contributed by atoms with Crippen molar-refractivity contribution in [2.45, 2.75) is 58.9 Å². The Morgan fingerprint density at radius 2 is 1.93 bits per heavy atom. The number of unbranched alkanes of at least 4 members (excludes halogenated alkanes) is 1. The maximum atomic E-state index is 13.1. The van der Waals surface area contributed by atoms with E-state index in [4.69, 9.17) is 0 Å². The van der Waals surface area contributed by atoms with Crippen molar-refractivity contribution in [3.8, 4) is 11.4 Å². The molecule has 0 radical (unpaired) electrons. The number of hydrogen-bond donors (Lipinski definition) is 0. The van der Waals surface area contributed by atoms with Crippen molar-refractivity contribution in [2.24, 2.45) is 5.92 Å². The Hall–Kier alpha value is -2.43. The molecule has 0 spiro atoms. The molecule has 1 aliphatic heterocycles. The molecule has 3 rings (SSSR count). The first-order valence-electron chi connectivity index (χ1n) is 10.00. The van der Waals surface area contributed by atoms with Crippen molar-refractivity contribution in [2.75, 3.05) is 6.54 Å². The maximum Gasteiger partial charge on any atom is 0.252 e. The van der Waals surface area contributed by atoms with Crippen LogP contribution in [0.3, 0.4) is 0 Å². The summed E-state index contributed by atoms with van der Waals surface area (Å²) in [5.41, 5.74) is 1.81. The van der Waals surface area contributed by atoms with E-state index < -0.39 is 6.04 Å². The van der Waals surface area contributed by atoms with Gasteiger partial charge in [0.15, 0.2) is 0 Å². The Kier molecular flexibility index (Phi) is 6.09. The maximum absolute atomic E-state index is 13.1. The van der Waals surface area contributed by atoms with Crippen molar-refractivity contribution in [1.29, 1.82) is 0 Å². The highest BCUT2D eigenvalue weighted by atomic mass is 16.2. The van der Waals surface area contributed by atoms with Crippen LogP contribution in [-0.4, -0.2) is 32.8 Å². The van der Waals surface area contributed by atoms with Crippen molar-refractivity contribution >= 4 is 11.8 Å². The van der Waals surface area contributed by atoms with E-state index in [1.807, 2.05) is 48.0 Å². The van der Waals surface area contributed by atoms with E-state index in [0.29, 0.717) is 12.5 Å². The number of rotatable bonds is 8. The summed E-state index contributed by atoms with van der Waals surface area (Å²) in [6.45, 7) is 6.76. The zero-order valence-electron chi connectivity index (χ0n) is 16.5. The average Bonchev–Trinajstić information content (AvgIpc) is 3.19. The fourth-order valence-corrected chi connectivity index (χ4v) is 3.80. The van der Waals surface area contributed by atoms with Crippen LogP contribution in [-0.2, 0) is 9.59 Å². The topological polar surface area (TPSA) is 55.2 Å². The van der Waals surface area contributed by atoms with E-state index in [1.165, 1.54) is 4.90 Å². The first-order chi connectivity index (χ1) is 13.0. The summed E-state index contributed by atoms with van der Waals surface area (Å²) >= 11 is 0. The normalized spacial score (nSPS) is 18.3. The third-order valence-electron chi connectivity index (χ3n) is 5.42. The molecule has 5 heteroatoms. The van der Waals surface area contributed by atoms with Crippen LogP contribution in [0.25, 0.3) is 11.4 Å². The number of imide groups is 1. The Labute approximate surface area is 161 Å². The molecule has 5 nitrogen and oxygen atoms in total. The van der Waals surface area contributed by atoms with Crippen LogP contribution in [0.1, 0.15) is 57.7 Å². The van der Waals surface area contributed by atoms with E-state index in [2.05, 4.69) is 18.8 Å². The lowest BCUT2D eigenvalue weighted by molar-refractivity contribution is -0.140. The van der Waals surface area contributed by atoms with Crippen LogP contribution in [0.4, 0.5) is 0 Å². The molecule has 0 N–H and O–H groups in total. The molecule has 2 aromatic rings. The van der Waals surface area contributed by atoms with Gasteiger partial charge in [0.25, 0.3) is 5.91 Å². The van der Waals surface area contributed by atoms with Crippen LogP contribution >= 0.6 is 0 Å². The highest BCUT2D eigenvalue weighted by Gasteiger charge is 2.41. The van der Waals surface area contributed by atoms with Gasteiger partial charge in [-0.05, 0) is 19.3 Å². The smallest absolute Gasteiger partial charge is 0.252 e. The SMILES string of the molecule is CCCCC(CC)CN1C(=O)CC(n2cc(C)nc2-c2ccccc2)C1=O. The summed E-state index contributed by atoms with van der Waals surface area (Å²) in [6, 6.07) is 9.34. The molecule has 2 atom stereocenters. The van der Waals surface area contributed by atoms with Gasteiger partial charge in [-0.15, -0.1) is 0 Å². The van der Waals surface area contributed by atoms with E-state index in [-0.39, 0.29) is 18.2 Å². The number of benzene rings is 1. The molecule has 2 amide bonds. The molecule has 1 aromatic heterocycles. The number of aryl methyl sites for hydroxylation is 1. The van der Waals surface area contributed by atoms with Gasteiger partial charge < -0.3 is 4.57 Å². The minimum absolute atomic E-state index is 0.0645. The van der Waals surface area contributed by atoms with E-state index >= 15 is 0 Å². The highest BCUT2D eigenvalue weighted by molar-refractivity contribution is 6.04. The Bertz CT molecular complexity index is 797. The van der Waals surface area contributed by atoms with Crippen LogP contribution in [0, 0.1) is 12.8 Å². The van der Waals surface area contributed by atoms with Crippen LogP contribution < -0.4 is 0 Å². The zero-order chi connectivity index (χ0) is 19.4. The van der Waals surface area contributed by atoms with Crippen molar-refractivity contribution in [1.82, 2.24) is 14.5 Å². The van der Waals surface area contributed by atoms with Crippen molar-refractivity contribution in [3.63, 3.8) is 0 Å². The predicted octanol–water partition coefficient (Wildman–Crippen LogP) is 4.37. The number of carbonyl (C=O) groups excluding carboxylic acids is 2. The lowest BCUT2D eigenvalue weighted by Gasteiger charge is -2.22. The molecular weight excluding hydrogens is 338 g/mol. The third kappa shape index (κ3) is 4.12. The number of hydrogen-bond acceptors (Lipinski definition) is 3. The monoisotopic (exact) mass is 367 g/mol. The minimum Gasteiger partial charge on any atom is -0.318 e. The first-order valence-corrected chi connectivity index (χ1v) is 10.00. The summed E-state index contributed by atoms with van der Waals surface area (Å²) in [6.07, 6.45) is 6.43. The van der Waals surface area contributed by atoms with Gasteiger partial charge in [0.2, 0.25) is 5.91 Å². The fourth-order valence-electron chi connectivity index (χ4n) is 3.80. The molecule has 2 heterocycles. The molecule has 0 saturated carbocycles. The number of imidazole rings is 1. The number of nitrogens with zero attached hydrogens (tertiary/aromatic N) is 3. The van der Waals surface area contributed by atoms with Gasteiger partial charge in [-0.2, -0.15) is 0 Å². The van der Waals surface area contributed by atoms with Gasteiger partial charge in [0.05, 0.1) is 12.1 Å². The van der Waals surface area contributed by atoms with Crippen LogP contribution in [0.15, 0.2) is 36.5 Å². The molecule has 27 heavy (non-hydrogen) atoms. The number of likely N-dealkylation sites (tertiary alicyclic amines) is 1. The predicted molar refractivity (Wildman–Crippen MR) is 106 cm³/mol. The summed E-state index contributed by atoms with van der Waals surface area (Å²) in [7, 11) is 0. The minimum atomic E-state index is -0.488.